The number of fused-ring (bicyclic) bond motifs is 3. The Bertz CT molecular complexity index is 613. The number of thiophene rings is 1. The van der Waals surface area contributed by atoms with Gasteiger partial charge in [0, 0.05) is 17.3 Å². The summed E-state index contributed by atoms with van der Waals surface area (Å²) in [6.07, 6.45) is 7.25. The first kappa shape index (κ1) is 10.7. The van der Waals surface area contributed by atoms with E-state index in [9.17, 15) is 0 Å². The van der Waals surface area contributed by atoms with E-state index in [0.717, 1.165) is 18.1 Å². The molecule has 2 heterocycles. The first-order chi connectivity index (χ1) is 8.85. The van der Waals surface area contributed by atoms with E-state index in [1.165, 1.54) is 47.9 Å². The number of rotatable bonds is 3. The van der Waals surface area contributed by atoms with Crippen LogP contribution in [0.5, 0.6) is 0 Å². The molecule has 2 aliphatic rings. The number of nitrogens with one attached hydrogen (secondary N) is 1. The predicted molar refractivity (Wildman–Crippen MR) is 75.5 cm³/mol. The van der Waals surface area contributed by atoms with Crippen molar-refractivity contribution in [2.24, 2.45) is 0 Å². The van der Waals surface area contributed by atoms with E-state index >= 15 is 0 Å². The number of aryl methyl sites for hydroxylation is 3. The Morgan fingerprint density at radius 1 is 1.28 bits per heavy atom. The van der Waals surface area contributed by atoms with Crippen molar-refractivity contribution in [2.45, 2.75) is 51.5 Å². The molecule has 0 saturated heterocycles. The third-order valence-electron chi connectivity index (χ3n) is 3.85. The van der Waals surface area contributed by atoms with E-state index in [2.05, 4.69) is 12.2 Å². The van der Waals surface area contributed by atoms with E-state index in [1.54, 1.807) is 4.88 Å². The van der Waals surface area contributed by atoms with Crippen LogP contribution in [0.4, 0.5) is 5.82 Å². The molecule has 0 bridgehead atoms. The number of anilines is 1. The van der Waals surface area contributed by atoms with Gasteiger partial charge in [0.05, 0.1) is 5.39 Å². The number of hydrogen-bond donors (Lipinski definition) is 1. The highest BCUT2D eigenvalue weighted by molar-refractivity contribution is 7.19. The summed E-state index contributed by atoms with van der Waals surface area (Å²) in [5, 5.41) is 4.94. The largest absolute Gasteiger partial charge is 0.367 e. The second-order valence-electron chi connectivity index (χ2n) is 5.30. The number of hydrogen-bond acceptors (Lipinski definition) is 4. The van der Waals surface area contributed by atoms with Crippen LogP contribution in [0.2, 0.25) is 0 Å². The molecule has 0 aromatic carbocycles. The van der Waals surface area contributed by atoms with Crippen molar-refractivity contribution >= 4 is 27.4 Å². The first-order valence-electron chi connectivity index (χ1n) is 6.93. The zero-order valence-corrected chi connectivity index (χ0v) is 11.4. The van der Waals surface area contributed by atoms with E-state index < -0.39 is 0 Å². The molecule has 0 atom stereocenters. The molecule has 1 saturated carbocycles. The minimum atomic E-state index is 0.657. The fourth-order valence-corrected chi connectivity index (χ4v) is 4.00. The SMILES string of the molecule is CCc1nc(NC2CC2)c2c3c(sc2n1)CCC3. The molecule has 0 amide bonds. The van der Waals surface area contributed by atoms with Gasteiger partial charge in [-0.25, -0.2) is 9.97 Å². The average molecular weight is 259 g/mol. The molecule has 3 nitrogen and oxygen atoms in total. The second kappa shape index (κ2) is 3.92. The van der Waals surface area contributed by atoms with Crippen LogP contribution in [0.1, 0.15) is 42.5 Å². The van der Waals surface area contributed by atoms with Crippen molar-refractivity contribution in [3.8, 4) is 0 Å². The lowest BCUT2D eigenvalue weighted by Crippen LogP contribution is -2.06. The maximum Gasteiger partial charge on any atom is 0.139 e. The average Bonchev–Trinajstić information content (AvgIpc) is 2.94. The Morgan fingerprint density at radius 3 is 2.94 bits per heavy atom. The summed E-state index contributed by atoms with van der Waals surface area (Å²) in [6, 6.07) is 0.657. The maximum atomic E-state index is 4.73. The molecule has 18 heavy (non-hydrogen) atoms. The van der Waals surface area contributed by atoms with Crippen molar-refractivity contribution in [3.63, 3.8) is 0 Å². The maximum absolute atomic E-state index is 4.73. The molecule has 2 aliphatic carbocycles. The van der Waals surface area contributed by atoms with Crippen molar-refractivity contribution in [3.05, 3.63) is 16.3 Å². The molecular formula is C14H17N3S. The highest BCUT2D eigenvalue weighted by atomic mass is 32.1. The van der Waals surface area contributed by atoms with Crippen LogP contribution in [0.15, 0.2) is 0 Å². The number of nitrogens with zero attached hydrogens (tertiary/aromatic N) is 2. The van der Waals surface area contributed by atoms with E-state index in [0.29, 0.717) is 6.04 Å². The fraction of sp³-hybridized carbons (Fsp3) is 0.571. The summed E-state index contributed by atoms with van der Waals surface area (Å²) in [5.41, 5.74) is 1.53. The highest BCUT2D eigenvalue weighted by Gasteiger charge is 2.26. The summed E-state index contributed by atoms with van der Waals surface area (Å²) in [6.45, 7) is 2.13. The highest BCUT2D eigenvalue weighted by Crippen LogP contribution is 2.40. The molecule has 4 heteroatoms. The van der Waals surface area contributed by atoms with E-state index in [4.69, 9.17) is 9.97 Å². The summed E-state index contributed by atoms with van der Waals surface area (Å²) in [5.74, 6) is 2.09. The molecule has 0 radical (unpaired) electrons. The Hall–Kier alpha value is -1.16. The van der Waals surface area contributed by atoms with Crippen molar-refractivity contribution in [1.82, 2.24) is 9.97 Å². The van der Waals surface area contributed by atoms with Gasteiger partial charge in [0.25, 0.3) is 0 Å². The summed E-state index contributed by atoms with van der Waals surface area (Å²) >= 11 is 1.89. The molecule has 0 spiro atoms. The zero-order chi connectivity index (χ0) is 12.1. The normalized spacial score (nSPS) is 18.3. The number of aromatic nitrogens is 2. The second-order valence-corrected chi connectivity index (χ2v) is 6.38. The lowest BCUT2D eigenvalue weighted by Gasteiger charge is -2.08. The predicted octanol–water partition coefficient (Wildman–Crippen LogP) is 3.32. The van der Waals surface area contributed by atoms with Gasteiger partial charge in [0.15, 0.2) is 0 Å². The molecular weight excluding hydrogens is 242 g/mol. The molecule has 0 unspecified atom stereocenters. The van der Waals surface area contributed by atoms with Gasteiger partial charge in [0.2, 0.25) is 0 Å². The lowest BCUT2D eigenvalue weighted by molar-refractivity contribution is 0.914. The molecule has 2 aromatic heterocycles. The van der Waals surface area contributed by atoms with Crippen LogP contribution in [-0.4, -0.2) is 16.0 Å². The molecule has 2 aromatic rings. The molecule has 94 valence electrons. The lowest BCUT2D eigenvalue weighted by atomic mass is 10.2. The van der Waals surface area contributed by atoms with Gasteiger partial charge in [-0.3, -0.25) is 0 Å². The van der Waals surface area contributed by atoms with Gasteiger partial charge < -0.3 is 5.32 Å². The van der Waals surface area contributed by atoms with Crippen molar-refractivity contribution in [2.75, 3.05) is 5.32 Å². The molecule has 1 fully saturated rings. The van der Waals surface area contributed by atoms with Crippen LogP contribution in [-0.2, 0) is 19.3 Å². The molecule has 4 rings (SSSR count). The zero-order valence-electron chi connectivity index (χ0n) is 10.6. The quantitative estimate of drug-likeness (QED) is 0.919. The fourth-order valence-electron chi connectivity index (χ4n) is 2.72. The van der Waals surface area contributed by atoms with Crippen LogP contribution in [0.3, 0.4) is 0 Å². The third-order valence-corrected chi connectivity index (χ3v) is 5.03. The van der Waals surface area contributed by atoms with Crippen molar-refractivity contribution in [1.29, 1.82) is 0 Å². The molecule has 0 aliphatic heterocycles. The molecule has 1 N–H and O–H groups in total. The van der Waals surface area contributed by atoms with Gasteiger partial charge in [-0.2, -0.15) is 0 Å². The summed E-state index contributed by atoms with van der Waals surface area (Å²) < 4.78 is 0. The minimum Gasteiger partial charge on any atom is -0.367 e. The Morgan fingerprint density at radius 2 is 2.17 bits per heavy atom. The summed E-state index contributed by atoms with van der Waals surface area (Å²) in [7, 11) is 0. The van der Waals surface area contributed by atoms with Gasteiger partial charge in [-0.1, -0.05) is 6.92 Å². The summed E-state index contributed by atoms with van der Waals surface area (Å²) in [4.78, 5) is 12.2. The Kier molecular flexibility index (Phi) is 2.34. The van der Waals surface area contributed by atoms with Crippen LogP contribution < -0.4 is 5.32 Å². The van der Waals surface area contributed by atoms with Gasteiger partial charge >= 0.3 is 0 Å². The van der Waals surface area contributed by atoms with Crippen LogP contribution in [0.25, 0.3) is 10.2 Å². The topological polar surface area (TPSA) is 37.8 Å². The van der Waals surface area contributed by atoms with Crippen LogP contribution in [0, 0.1) is 0 Å². The first-order valence-corrected chi connectivity index (χ1v) is 7.74. The van der Waals surface area contributed by atoms with Gasteiger partial charge in [0.1, 0.15) is 16.5 Å². The van der Waals surface area contributed by atoms with Crippen molar-refractivity contribution < 1.29 is 0 Å². The Balaban J connectivity index is 1.92. The monoisotopic (exact) mass is 259 g/mol. The third kappa shape index (κ3) is 1.62. The van der Waals surface area contributed by atoms with E-state index in [1.807, 2.05) is 11.3 Å². The standard InChI is InChI=1S/C14H17N3S/c1-2-11-16-13(15-8-6-7-8)12-9-4-3-5-10(9)18-14(12)17-11/h8H,2-7H2,1H3,(H,15,16,17). The van der Waals surface area contributed by atoms with Crippen LogP contribution >= 0.6 is 11.3 Å². The minimum absolute atomic E-state index is 0.657. The Labute approximate surface area is 111 Å². The van der Waals surface area contributed by atoms with Gasteiger partial charge in [-0.15, -0.1) is 11.3 Å². The van der Waals surface area contributed by atoms with E-state index in [-0.39, 0.29) is 0 Å². The van der Waals surface area contributed by atoms with Gasteiger partial charge in [-0.05, 0) is 37.7 Å². The smallest absolute Gasteiger partial charge is 0.139 e.